The topological polar surface area (TPSA) is 49.9 Å². The summed E-state index contributed by atoms with van der Waals surface area (Å²) in [7, 11) is 1.71. The van der Waals surface area contributed by atoms with Gasteiger partial charge in [0.15, 0.2) is 0 Å². The molecule has 6 heteroatoms. The molecule has 2 amide bonds. The normalized spacial score (nSPS) is 19.2. The molecule has 1 aliphatic rings. The summed E-state index contributed by atoms with van der Waals surface area (Å²) in [6.07, 6.45) is -0.0275. The second kappa shape index (κ2) is 7.21. The third-order valence-electron chi connectivity index (χ3n) is 4.39. The van der Waals surface area contributed by atoms with E-state index in [0.29, 0.717) is 29.2 Å². The van der Waals surface area contributed by atoms with E-state index in [1.165, 1.54) is 11.3 Å². The minimum absolute atomic E-state index is 0.0275. The molecule has 1 atom stereocenters. The number of amides is 2. The number of ether oxygens (including phenoxy) is 1. The van der Waals surface area contributed by atoms with Crippen molar-refractivity contribution in [2.24, 2.45) is 0 Å². The summed E-state index contributed by atoms with van der Waals surface area (Å²) < 4.78 is 5.90. The summed E-state index contributed by atoms with van der Waals surface area (Å²) >= 11 is 1.39. The van der Waals surface area contributed by atoms with E-state index in [9.17, 15) is 9.59 Å². The number of morpholine rings is 1. The van der Waals surface area contributed by atoms with Gasteiger partial charge in [-0.15, -0.1) is 11.3 Å². The van der Waals surface area contributed by atoms with Crippen LogP contribution in [0.1, 0.15) is 40.8 Å². The van der Waals surface area contributed by atoms with Gasteiger partial charge >= 0.3 is 0 Å². The quantitative estimate of drug-likeness (QED) is 0.826. The predicted molar refractivity (Wildman–Crippen MR) is 104 cm³/mol. The van der Waals surface area contributed by atoms with E-state index in [1.807, 2.05) is 55.3 Å². The van der Waals surface area contributed by atoms with Crippen molar-refractivity contribution in [2.75, 3.05) is 25.0 Å². The molecule has 0 aliphatic carbocycles. The van der Waals surface area contributed by atoms with Crippen molar-refractivity contribution in [1.29, 1.82) is 0 Å². The van der Waals surface area contributed by atoms with Crippen molar-refractivity contribution in [3.63, 3.8) is 0 Å². The van der Waals surface area contributed by atoms with Crippen molar-refractivity contribution in [3.8, 4) is 0 Å². The van der Waals surface area contributed by atoms with E-state index in [0.717, 1.165) is 0 Å². The van der Waals surface area contributed by atoms with Crippen LogP contribution in [0.4, 0.5) is 5.69 Å². The number of rotatable bonds is 3. The molecule has 2 heterocycles. The van der Waals surface area contributed by atoms with Crippen LogP contribution in [-0.4, -0.2) is 48.6 Å². The maximum absolute atomic E-state index is 13.2. The molecule has 3 rings (SSSR count). The molecule has 2 aromatic rings. The first-order valence-electron chi connectivity index (χ1n) is 8.66. The number of carbonyl (C=O) groups is 2. The standard InChI is InChI=1S/C20H24N2O3S/c1-14-12-22(13-20(2,3)25-14)18(23)15-8-5-6-9-16(15)21(4)19(24)17-10-7-11-26-17/h5-11,14H,12-13H2,1-4H3. The predicted octanol–water partition coefficient (Wildman–Crippen LogP) is 3.66. The maximum atomic E-state index is 13.2. The Balaban J connectivity index is 1.89. The summed E-state index contributed by atoms with van der Waals surface area (Å²) in [6, 6.07) is 10.9. The number of nitrogens with zero attached hydrogens (tertiary/aromatic N) is 2. The van der Waals surface area contributed by atoms with Crippen LogP contribution < -0.4 is 4.90 Å². The highest BCUT2D eigenvalue weighted by Gasteiger charge is 2.35. The molecular formula is C20H24N2O3S. The summed E-state index contributed by atoms with van der Waals surface area (Å²) in [5.41, 5.74) is 0.763. The van der Waals surface area contributed by atoms with E-state index in [-0.39, 0.29) is 23.5 Å². The second-order valence-electron chi connectivity index (χ2n) is 7.23. The monoisotopic (exact) mass is 372 g/mol. The highest BCUT2D eigenvalue weighted by Crippen LogP contribution is 2.27. The molecule has 0 spiro atoms. The first-order valence-corrected chi connectivity index (χ1v) is 9.54. The summed E-state index contributed by atoms with van der Waals surface area (Å²) in [4.78, 5) is 29.9. The number of para-hydroxylation sites is 1. The van der Waals surface area contributed by atoms with Crippen LogP contribution in [0, 0.1) is 0 Å². The van der Waals surface area contributed by atoms with Gasteiger partial charge in [-0.3, -0.25) is 9.59 Å². The minimum Gasteiger partial charge on any atom is -0.369 e. The fraction of sp³-hybridized carbons (Fsp3) is 0.400. The Hall–Kier alpha value is -2.18. The number of hydrogen-bond donors (Lipinski definition) is 0. The number of carbonyl (C=O) groups excluding carboxylic acids is 2. The summed E-state index contributed by atoms with van der Waals surface area (Å²) in [5.74, 6) is -0.189. The third-order valence-corrected chi connectivity index (χ3v) is 5.25. The van der Waals surface area contributed by atoms with E-state index >= 15 is 0 Å². The van der Waals surface area contributed by atoms with Crippen LogP contribution in [0.5, 0.6) is 0 Å². The SMILES string of the molecule is CC1CN(C(=O)c2ccccc2N(C)C(=O)c2cccs2)CC(C)(C)O1. The lowest BCUT2D eigenvalue weighted by Crippen LogP contribution is -2.54. The van der Waals surface area contributed by atoms with Gasteiger partial charge in [0.25, 0.3) is 11.8 Å². The van der Waals surface area contributed by atoms with Gasteiger partial charge < -0.3 is 14.5 Å². The van der Waals surface area contributed by atoms with E-state index in [1.54, 1.807) is 24.1 Å². The Morgan fingerprint density at radius 3 is 2.62 bits per heavy atom. The smallest absolute Gasteiger partial charge is 0.268 e. The molecule has 1 fully saturated rings. The van der Waals surface area contributed by atoms with Crippen molar-refractivity contribution in [2.45, 2.75) is 32.5 Å². The molecular weight excluding hydrogens is 348 g/mol. The van der Waals surface area contributed by atoms with Crippen LogP contribution in [0.15, 0.2) is 41.8 Å². The third kappa shape index (κ3) is 3.81. The van der Waals surface area contributed by atoms with Gasteiger partial charge in [-0.1, -0.05) is 18.2 Å². The number of anilines is 1. The largest absolute Gasteiger partial charge is 0.369 e. The summed E-state index contributed by atoms with van der Waals surface area (Å²) in [6.45, 7) is 7.01. The van der Waals surface area contributed by atoms with Crippen molar-refractivity contribution in [1.82, 2.24) is 4.90 Å². The Kier molecular flexibility index (Phi) is 5.16. The Labute approximate surface area is 158 Å². The highest BCUT2D eigenvalue weighted by atomic mass is 32.1. The van der Waals surface area contributed by atoms with Crippen LogP contribution in [0.2, 0.25) is 0 Å². The van der Waals surface area contributed by atoms with E-state index < -0.39 is 0 Å². The summed E-state index contributed by atoms with van der Waals surface area (Å²) in [5, 5.41) is 1.87. The second-order valence-corrected chi connectivity index (χ2v) is 8.18. The molecule has 1 unspecified atom stereocenters. The maximum Gasteiger partial charge on any atom is 0.268 e. The number of hydrogen-bond acceptors (Lipinski definition) is 4. The zero-order chi connectivity index (χ0) is 18.9. The first kappa shape index (κ1) is 18.6. The van der Waals surface area contributed by atoms with Crippen molar-refractivity contribution in [3.05, 3.63) is 52.2 Å². The molecule has 0 bridgehead atoms. The van der Waals surface area contributed by atoms with Gasteiger partial charge in [-0.25, -0.2) is 0 Å². The molecule has 5 nitrogen and oxygen atoms in total. The fourth-order valence-corrected chi connectivity index (χ4v) is 4.10. The van der Waals surface area contributed by atoms with Crippen LogP contribution in [0.25, 0.3) is 0 Å². The van der Waals surface area contributed by atoms with Crippen molar-refractivity contribution >= 4 is 28.8 Å². The molecule has 138 valence electrons. The molecule has 1 aliphatic heterocycles. The zero-order valence-electron chi connectivity index (χ0n) is 15.6. The molecule has 0 saturated carbocycles. The zero-order valence-corrected chi connectivity index (χ0v) is 16.4. The van der Waals surface area contributed by atoms with Crippen LogP contribution >= 0.6 is 11.3 Å². The van der Waals surface area contributed by atoms with Gasteiger partial charge in [-0.2, -0.15) is 0 Å². The van der Waals surface area contributed by atoms with Crippen LogP contribution in [0.3, 0.4) is 0 Å². The lowest BCUT2D eigenvalue weighted by Gasteiger charge is -2.42. The van der Waals surface area contributed by atoms with Gasteiger partial charge in [-0.05, 0) is 44.4 Å². The Bertz CT molecular complexity index is 801. The number of thiophene rings is 1. The van der Waals surface area contributed by atoms with Gasteiger partial charge in [0.1, 0.15) is 0 Å². The molecule has 0 radical (unpaired) electrons. The molecule has 1 aromatic heterocycles. The van der Waals surface area contributed by atoms with Gasteiger partial charge in [0, 0.05) is 20.1 Å². The van der Waals surface area contributed by atoms with Crippen molar-refractivity contribution < 1.29 is 14.3 Å². The molecule has 0 N–H and O–H groups in total. The average molecular weight is 372 g/mol. The Morgan fingerprint density at radius 2 is 1.96 bits per heavy atom. The van der Waals surface area contributed by atoms with Gasteiger partial charge in [0.2, 0.25) is 0 Å². The van der Waals surface area contributed by atoms with E-state index in [2.05, 4.69) is 0 Å². The van der Waals surface area contributed by atoms with E-state index in [4.69, 9.17) is 4.74 Å². The molecule has 26 heavy (non-hydrogen) atoms. The minimum atomic E-state index is -0.388. The highest BCUT2D eigenvalue weighted by molar-refractivity contribution is 7.12. The average Bonchev–Trinajstić information content (AvgIpc) is 3.12. The van der Waals surface area contributed by atoms with Gasteiger partial charge in [0.05, 0.1) is 27.8 Å². The number of benzene rings is 1. The lowest BCUT2D eigenvalue weighted by atomic mass is 10.0. The molecule has 1 aromatic carbocycles. The van der Waals surface area contributed by atoms with Crippen LogP contribution in [-0.2, 0) is 4.74 Å². The fourth-order valence-electron chi connectivity index (χ4n) is 3.40. The first-order chi connectivity index (χ1) is 12.3. The lowest BCUT2D eigenvalue weighted by molar-refractivity contribution is -0.118. The molecule has 1 saturated heterocycles. The Morgan fingerprint density at radius 1 is 1.23 bits per heavy atom.